The number of aromatic nitrogens is 3. The predicted octanol–water partition coefficient (Wildman–Crippen LogP) is 13.1. The van der Waals surface area contributed by atoms with E-state index in [1.165, 1.54) is 48.7 Å². The molecule has 0 N–H and O–H groups in total. The number of benzene rings is 9. The van der Waals surface area contributed by atoms with Gasteiger partial charge in [0.1, 0.15) is 11.2 Å². The number of furan rings is 1. The minimum Gasteiger partial charge on any atom is -0.456 e. The van der Waals surface area contributed by atoms with E-state index in [9.17, 15) is 0 Å². The molecule has 0 bridgehead atoms. The number of hydrogen-bond acceptors (Lipinski definition) is 4. The van der Waals surface area contributed by atoms with Crippen LogP contribution >= 0.6 is 0 Å². The summed E-state index contributed by atoms with van der Waals surface area (Å²) in [5, 5.41) is 12.1. The number of hydrogen-bond donors (Lipinski definition) is 0. The van der Waals surface area contributed by atoms with Gasteiger partial charge in [0.05, 0.1) is 0 Å². The first-order chi connectivity index (χ1) is 26.3. The molecule has 0 aliphatic carbocycles. The summed E-state index contributed by atoms with van der Waals surface area (Å²) in [4.78, 5) is 15.2. The van der Waals surface area contributed by atoms with E-state index in [1.807, 2.05) is 60.7 Å². The molecule has 0 saturated heterocycles. The van der Waals surface area contributed by atoms with Crippen molar-refractivity contribution < 1.29 is 4.42 Å². The van der Waals surface area contributed by atoms with Crippen LogP contribution < -0.4 is 0 Å². The normalized spacial score (nSPS) is 11.8. The molecule has 0 aliphatic rings. The van der Waals surface area contributed by atoms with E-state index in [2.05, 4.69) is 115 Å². The van der Waals surface area contributed by atoms with Gasteiger partial charge in [-0.15, -0.1) is 0 Å². The fraction of sp³-hybridized carbons (Fsp3) is 0. The fourth-order valence-electron chi connectivity index (χ4n) is 8.11. The number of fused-ring (bicyclic) bond motifs is 11. The quantitative estimate of drug-likeness (QED) is 0.174. The van der Waals surface area contributed by atoms with Crippen LogP contribution in [0.15, 0.2) is 180 Å². The maximum absolute atomic E-state index is 6.23. The first-order valence-corrected chi connectivity index (χ1v) is 17.9. The highest BCUT2D eigenvalue weighted by molar-refractivity contribution is 6.33. The smallest absolute Gasteiger partial charge is 0.164 e. The van der Waals surface area contributed by atoms with Crippen LogP contribution in [0.3, 0.4) is 0 Å². The molecule has 2 aromatic heterocycles. The lowest BCUT2D eigenvalue weighted by atomic mass is 9.87. The van der Waals surface area contributed by atoms with Gasteiger partial charge in [-0.1, -0.05) is 158 Å². The number of rotatable bonds is 4. The maximum atomic E-state index is 6.23. The van der Waals surface area contributed by atoms with Crippen LogP contribution in [0.25, 0.3) is 110 Å². The molecule has 0 fully saturated rings. The van der Waals surface area contributed by atoms with Gasteiger partial charge in [0.15, 0.2) is 17.5 Å². The molecular formula is C49H29N3O. The Morgan fingerprint density at radius 1 is 0.283 bits per heavy atom. The molecule has 0 amide bonds. The van der Waals surface area contributed by atoms with Gasteiger partial charge in [-0.3, -0.25) is 0 Å². The molecule has 11 aromatic rings. The summed E-state index contributed by atoms with van der Waals surface area (Å²) in [6.45, 7) is 0. The summed E-state index contributed by atoms with van der Waals surface area (Å²) >= 11 is 0. The molecule has 0 unspecified atom stereocenters. The van der Waals surface area contributed by atoms with Crippen LogP contribution in [0, 0.1) is 0 Å². The Kier molecular flexibility index (Phi) is 6.52. The highest BCUT2D eigenvalue weighted by atomic mass is 16.3. The minimum atomic E-state index is 0.606. The van der Waals surface area contributed by atoms with E-state index in [-0.39, 0.29) is 0 Å². The van der Waals surface area contributed by atoms with Gasteiger partial charge in [0.2, 0.25) is 0 Å². The second-order valence-electron chi connectivity index (χ2n) is 13.5. The zero-order chi connectivity index (χ0) is 34.9. The molecule has 53 heavy (non-hydrogen) atoms. The van der Waals surface area contributed by atoms with E-state index < -0.39 is 0 Å². The first-order valence-electron chi connectivity index (χ1n) is 17.9. The Labute approximate surface area is 304 Å². The van der Waals surface area contributed by atoms with Gasteiger partial charge in [-0.2, -0.15) is 0 Å². The Bertz CT molecular complexity index is 3220. The number of nitrogens with zero attached hydrogens (tertiary/aromatic N) is 3. The van der Waals surface area contributed by atoms with E-state index in [4.69, 9.17) is 19.4 Å². The van der Waals surface area contributed by atoms with Crippen molar-refractivity contribution in [2.45, 2.75) is 0 Å². The summed E-state index contributed by atoms with van der Waals surface area (Å²) in [6, 6.07) is 61.7. The summed E-state index contributed by atoms with van der Waals surface area (Å²) in [5.74, 6) is 1.85. The summed E-state index contributed by atoms with van der Waals surface area (Å²) < 4.78 is 6.23. The second kappa shape index (κ2) is 11.7. The lowest BCUT2D eigenvalue weighted by Gasteiger charge is -2.16. The highest BCUT2D eigenvalue weighted by Gasteiger charge is 2.19. The molecule has 0 aliphatic heterocycles. The lowest BCUT2D eigenvalue weighted by Crippen LogP contribution is -2.00. The van der Waals surface area contributed by atoms with Crippen LogP contribution in [-0.2, 0) is 0 Å². The third kappa shape index (κ3) is 4.66. The second-order valence-corrected chi connectivity index (χ2v) is 13.5. The largest absolute Gasteiger partial charge is 0.456 e. The first kappa shape index (κ1) is 29.5. The van der Waals surface area contributed by atoms with Crippen molar-refractivity contribution in [2.24, 2.45) is 0 Å². The third-order valence-corrected chi connectivity index (χ3v) is 10.5. The average Bonchev–Trinajstić information content (AvgIpc) is 3.63. The van der Waals surface area contributed by atoms with E-state index in [0.717, 1.165) is 44.2 Å². The van der Waals surface area contributed by atoms with Crippen molar-refractivity contribution in [1.29, 1.82) is 0 Å². The Balaban J connectivity index is 1.10. The topological polar surface area (TPSA) is 51.8 Å². The van der Waals surface area contributed by atoms with Crippen molar-refractivity contribution >= 4 is 65.0 Å². The van der Waals surface area contributed by atoms with Gasteiger partial charge in [0, 0.05) is 27.5 Å². The average molecular weight is 676 g/mol. The van der Waals surface area contributed by atoms with Crippen molar-refractivity contribution in [3.63, 3.8) is 0 Å². The maximum Gasteiger partial charge on any atom is 0.164 e. The Morgan fingerprint density at radius 3 is 1.49 bits per heavy atom. The minimum absolute atomic E-state index is 0.606. The van der Waals surface area contributed by atoms with Crippen LogP contribution in [0.2, 0.25) is 0 Å². The fourth-order valence-corrected chi connectivity index (χ4v) is 8.11. The van der Waals surface area contributed by atoms with Gasteiger partial charge in [0.25, 0.3) is 0 Å². The van der Waals surface area contributed by atoms with Crippen LogP contribution in [-0.4, -0.2) is 15.0 Å². The molecule has 0 atom stereocenters. The van der Waals surface area contributed by atoms with Gasteiger partial charge in [-0.05, 0) is 72.4 Å². The van der Waals surface area contributed by atoms with E-state index in [0.29, 0.717) is 17.5 Å². The molecular weight excluding hydrogens is 647 g/mol. The van der Waals surface area contributed by atoms with E-state index in [1.54, 1.807) is 0 Å². The van der Waals surface area contributed by atoms with Gasteiger partial charge < -0.3 is 4.42 Å². The zero-order valence-corrected chi connectivity index (χ0v) is 28.5. The van der Waals surface area contributed by atoms with Crippen molar-refractivity contribution in [1.82, 2.24) is 15.0 Å². The van der Waals surface area contributed by atoms with Gasteiger partial charge >= 0.3 is 0 Å². The molecule has 0 saturated carbocycles. The molecule has 4 heteroatoms. The molecule has 246 valence electrons. The summed E-state index contributed by atoms with van der Waals surface area (Å²) in [6.07, 6.45) is 0. The lowest BCUT2D eigenvalue weighted by molar-refractivity contribution is 0.669. The van der Waals surface area contributed by atoms with Crippen LogP contribution in [0.5, 0.6) is 0 Å². The van der Waals surface area contributed by atoms with Crippen LogP contribution in [0.1, 0.15) is 0 Å². The standard InChI is InChI=1S/C49H29N3O/c1-2-13-31(14-3-1)47-50-48(52-49(51-47)40-22-12-24-44-46(40)39-21-10-11-23-43(39)53-44)32-27-25-30(26-28-32)41-29-42-35-17-5-4-15-33(35)34-16-6-8-19-37(34)45(42)38-20-9-7-18-36(38)41/h1-29H. The molecule has 0 spiro atoms. The monoisotopic (exact) mass is 675 g/mol. The molecule has 2 heterocycles. The molecule has 11 rings (SSSR count). The van der Waals surface area contributed by atoms with Crippen molar-refractivity contribution in [3.05, 3.63) is 176 Å². The van der Waals surface area contributed by atoms with E-state index >= 15 is 0 Å². The Morgan fingerprint density at radius 2 is 0.774 bits per heavy atom. The highest BCUT2D eigenvalue weighted by Crippen LogP contribution is 2.43. The van der Waals surface area contributed by atoms with Crippen LogP contribution in [0.4, 0.5) is 0 Å². The molecule has 9 aromatic carbocycles. The Hall–Kier alpha value is -7.17. The zero-order valence-electron chi connectivity index (χ0n) is 28.5. The summed E-state index contributed by atoms with van der Waals surface area (Å²) in [7, 11) is 0. The SMILES string of the molecule is c1ccc(-c2nc(-c3ccc(-c4cc5c6ccccc6c6ccccc6c5c5ccccc45)cc3)nc(-c3cccc4oc5ccccc5c34)n2)cc1. The third-order valence-electron chi connectivity index (χ3n) is 10.5. The molecule has 4 nitrogen and oxygen atoms in total. The van der Waals surface area contributed by atoms with Gasteiger partial charge in [-0.25, -0.2) is 15.0 Å². The summed E-state index contributed by atoms with van der Waals surface area (Å²) in [5.41, 5.74) is 6.73. The predicted molar refractivity (Wildman–Crippen MR) is 219 cm³/mol. The van der Waals surface area contributed by atoms with Crippen molar-refractivity contribution in [2.75, 3.05) is 0 Å². The number of para-hydroxylation sites is 1. The molecule has 0 radical (unpaired) electrons. The van der Waals surface area contributed by atoms with Crippen molar-refractivity contribution in [3.8, 4) is 45.3 Å².